The molecule has 2 rings (SSSR count). The lowest BCUT2D eigenvalue weighted by atomic mass is 9.88. The van der Waals surface area contributed by atoms with Gasteiger partial charge in [0.05, 0.1) is 24.1 Å². The zero-order chi connectivity index (χ0) is 62.6. The molecule has 2 aromatic rings. The van der Waals surface area contributed by atoms with Gasteiger partial charge in [-0.3, -0.25) is 28.8 Å². The van der Waals surface area contributed by atoms with E-state index in [0.29, 0.717) is 69.8 Å². The van der Waals surface area contributed by atoms with Crippen molar-refractivity contribution in [3.8, 4) is 0 Å². The van der Waals surface area contributed by atoms with Crippen LogP contribution in [0.4, 0.5) is 25.8 Å². The largest absolute Gasteiger partial charge is 0.460 e. The highest BCUT2D eigenvalue weighted by atomic mass is 16.5. The lowest BCUT2D eigenvalue weighted by Crippen LogP contribution is -2.51. The van der Waals surface area contributed by atoms with Gasteiger partial charge in [-0.25, -0.2) is 14.4 Å². The predicted octanol–water partition coefficient (Wildman–Crippen LogP) is 8.67. The van der Waals surface area contributed by atoms with Gasteiger partial charge in [-0.1, -0.05) is 93.5 Å². The zero-order valence-electron chi connectivity index (χ0n) is 52.0. The minimum absolute atomic E-state index is 0.0313. The molecular formula is C61H101N9O12. The Morgan fingerprint density at radius 1 is 0.524 bits per heavy atom. The number of ether oxygens (including phenoxy) is 3. The number of hydrogen-bond acceptors (Lipinski definition) is 13. The molecule has 82 heavy (non-hydrogen) atoms. The number of Topliss-reactive ketones (excluding diaryl/α,β-unsaturated/α-hetero) is 2. The molecule has 0 aliphatic carbocycles. The molecule has 21 nitrogen and oxygen atoms in total. The fraction of sp³-hybridized carbons (Fsp3) is 0.656. The molecule has 0 aromatic heterocycles. The second kappa shape index (κ2) is 35.4. The quantitative estimate of drug-likeness (QED) is 0.0252. The highest BCUT2D eigenvalue weighted by Crippen LogP contribution is 2.24. The Kier molecular flexibility index (Phi) is 31.7. The van der Waals surface area contributed by atoms with E-state index < -0.39 is 52.9 Å². The lowest BCUT2D eigenvalue weighted by Gasteiger charge is -2.31. The maximum Gasteiger partial charge on any atom is 0.407 e. The van der Waals surface area contributed by atoms with Crippen molar-refractivity contribution < 1.29 is 57.4 Å². The van der Waals surface area contributed by atoms with Crippen LogP contribution >= 0.6 is 0 Å². The lowest BCUT2D eigenvalue weighted by molar-refractivity contribution is -0.154. The van der Waals surface area contributed by atoms with E-state index in [1.807, 2.05) is 48.5 Å². The Balaban J connectivity index is 0.000000824. The number of alkyl carbamates (subject to hydrolysis) is 1. The summed E-state index contributed by atoms with van der Waals surface area (Å²) < 4.78 is 16.2. The normalized spacial score (nSPS) is 13.2. The van der Waals surface area contributed by atoms with Crippen LogP contribution in [0.3, 0.4) is 0 Å². The van der Waals surface area contributed by atoms with Gasteiger partial charge in [0.2, 0.25) is 17.7 Å². The van der Waals surface area contributed by atoms with Crippen molar-refractivity contribution in [1.29, 1.82) is 0 Å². The van der Waals surface area contributed by atoms with Crippen LogP contribution in [0.15, 0.2) is 48.5 Å². The first-order valence-corrected chi connectivity index (χ1v) is 28.5. The van der Waals surface area contributed by atoms with Crippen LogP contribution in [0.1, 0.15) is 167 Å². The molecule has 8 amide bonds. The van der Waals surface area contributed by atoms with E-state index >= 15 is 0 Å². The van der Waals surface area contributed by atoms with E-state index in [2.05, 4.69) is 58.0 Å². The van der Waals surface area contributed by atoms with Gasteiger partial charge in [0.1, 0.15) is 13.2 Å². The Hall–Kier alpha value is -6.61. The number of anilines is 2. The summed E-state index contributed by atoms with van der Waals surface area (Å²) in [5.74, 6) is -2.83. The molecule has 0 bridgehead atoms. The average Bonchev–Trinajstić information content (AvgIpc) is 3.36. The van der Waals surface area contributed by atoms with Crippen LogP contribution in [0.5, 0.6) is 0 Å². The number of benzene rings is 2. The number of carbonyl (C=O) groups is 9. The van der Waals surface area contributed by atoms with E-state index in [4.69, 9.17) is 25.7 Å². The molecule has 0 radical (unpaired) electrons. The van der Waals surface area contributed by atoms with Gasteiger partial charge in [-0.2, -0.15) is 0 Å². The van der Waals surface area contributed by atoms with Crippen molar-refractivity contribution in [2.24, 2.45) is 51.4 Å². The summed E-state index contributed by atoms with van der Waals surface area (Å²) in [5, 5.41) is 19.7. The Labute approximate surface area is 488 Å². The van der Waals surface area contributed by atoms with Gasteiger partial charge in [0.25, 0.3) is 0 Å². The third-order valence-electron chi connectivity index (χ3n) is 12.3. The predicted molar refractivity (Wildman–Crippen MR) is 320 cm³/mol. The summed E-state index contributed by atoms with van der Waals surface area (Å²) in [6.07, 6.45) is 1.85. The number of esters is 1. The Bertz CT molecular complexity index is 2350. The van der Waals surface area contributed by atoms with Crippen LogP contribution in [-0.4, -0.2) is 104 Å². The summed E-state index contributed by atoms with van der Waals surface area (Å²) in [7, 11) is 0. The van der Waals surface area contributed by atoms with Crippen LogP contribution in [0, 0.1) is 39.9 Å². The summed E-state index contributed by atoms with van der Waals surface area (Å²) in [6, 6.07) is 11.5. The summed E-state index contributed by atoms with van der Waals surface area (Å²) in [4.78, 5) is 112. The molecule has 4 atom stereocenters. The zero-order valence-corrected chi connectivity index (χ0v) is 52.0. The number of rotatable bonds is 31. The minimum Gasteiger partial charge on any atom is -0.460 e. The van der Waals surface area contributed by atoms with Crippen molar-refractivity contribution in [3.05, 3.63) is 59.7 Å². The van der Waals surface area contributed by atoms with Crippen LogP contribution in [-0.2, 0) is 56.2 Å². The van der Waals surface area contributed by atoms with Crippen molar-refractivity contribution >= 4 is 64.8 Å². The second-order valence-corrected chi connectivity index (χ2v) is 25.8. The number of carbonyl (C=O) groups excluding carboxylic acids is 9. The van der Waals surface area contributed by atoms with Crippen molar-refractivity contribution in [2.45, 2.75) is 187 Å². The molecule has 11 N–H and O–H groups in total. The number of amides is 8. The second-order valence-electron chi connectivity index (χ2n) is 25.8. The molecule has 2 aromatic carbocycles. The number of hydrogen-bond donors (Lipinski definition) is 9. The third kappa shape index (κ3) is 32.7. The van der Waals surface area contributed by atoms with Crippen LogP contribution in [0.25, 0.3) is 0 Å². The first-order valence-electron chi connectivity index (χ1n) is 28.5. The molecule has 2 unspecified atom stereocenters. The van der Waals surface area contributed by atoms with Gasteiger partial charge in [0.15, 0.2) is 11.6 Å². The van der Waals surface area contributed by atoms with Gasteiger partial charge < -0.3 is 62.9 Å². The Morgan fingerprint density at radius 3 is 1.32 bits per heavy atom. The number of nitrogens with one attached hydrogen (secondary N) is 7. The summed E-state index contributed by atoms with van der Waals surface area (Å²) in [5.41, 5.74) is 11.5. The number of nitrogens with two attached hydrogens (primary N) is 2. The smallest absolute Gasteiger partial charge is 0.407 e. The monoisotopic (exact) mass is 1150 g/mol. The SMILES string of the molecule is CC(C)C(NC(=O)C(C)(C)C)C(=O)CC(CCCNC(N)=O)C(=O)Nc1ccc(COC(=O)C(C)(C)C)cc1.CC(C)[C@H](NC(C)(C)C)C(=O)C[C@@H](CCCNC(N)=O)C(=O)Nc1ccc(COC(=O)NCCCOCC(C)(C)C)cc1. The van der Waals surface area contributed by atoms with E-state index in [1.165, 1.54) is 0 Å². The van der Waals surface area contributed by atoms with Gasteiger partial charge in [-0.15, -0.1) is 0 Å². The number of ketones is 2. The van der Waals surface area contributed by atoms with E-state index in [1.54, 1.807) is 90.1 Å². The molecule has 0 spiro atoms. The van der Waals surface area contributed by atoms with E-state index in [-0.39, 0.29) is 90.6 Å². The highest BCUT2D eigenvalue weighted by molar-refractivity contribution is 5.98. The topological polar surface area (TPSA) is 318 Å². The van der Waals surface area contributed by atoms with Crippen molar-refractivity contribution in [2.75, 3.05) is 43.5 Å². The first kappa shape index (κ1) is 73.4. The van der Waals surface area contributed by atoms with E-state index in [9.17, 15) is 43.2 Å². The maximum absolute atomic E-state index is 13.3. The van der Waals surface area contributed by atoms with Crippen molar-refractivity contribution in [1.82, 2.24) is 26.6 Å². The molecular weight excluding hydrogens is 1050 g/mol. The molecule has 0 heterocycles. The molecule has 21 heteroatoms. The molecule has 0 aliphatic heterocycles. The minimum atomic E-state index is -0.731. The average molecular weight is 1150 g/mol. The summed E-state index contributed by atoms with van der Waals surface area (Å²) in [6.45, 7) is 33.1. The molecule has 462 valence electrons. The maximum atomic E-state index is 13.3. The fourth-order valence-electron chi connectivity index (χ4n) is 7.74. The fourth-order valence-corrected chi connectivity index (χ4v) is 7.74. The van der Waals surface area contributed by atoms with Gasteiger partial charge in [0, 0.05) is 73.2 Å². The van der Waals surface area contributed by atoms with Crippen molar-refractivity contribution in [3.63, 3.8) is 0 Å². The Morgan fingerprint density at radius 2 is 0.939 bits per heavy atom. The summed E-state index contributed by atoms with van der Waals surface area (Å²) >= 11 is 0. The highest BCUT2D eigenvalue weighted by Gasteiger charge is 2.33. The number of primary amides is 2. The van der Waals surface area contributed by atoms with E-state index in [0.717, 1.165) is 11.1 Å². The first-order chi connectivity index (χ1) is 37.9. The third-order valence-corrected chi connectivity index (χ3v) is 12.3. The standard InChI is InChI=1S/C32H55N5O6.C29H46N4O6/c1-22(2)27(37-32(6,7)8)26(38)19-24(11-9-16-34-29(33)40)28(39)36-25-14-12-23(13-15-25)20-43-30(41)35-17-10-18-42-21-31(3,4)5;1-18(2)23(33-25(36)28(3,4)5)22(34)16-20(10-9-15-31-27(30)38)24(35)32-21-13-11-19(12-14-21)17-39-26(37)29(6,7)8/h12-15,22,24,27,37H,9-11,16-21H2,1-8H3,(H,35,41)(H,36,39)(H3,33,34,40);11-14,18,20,23H,9-10,15-17H2,1-8H3,(H,32,35)(H,33,36)(H3,30,31,38)/t24-,27+;/m1./s1. The van der Waals surface area contributed by atoms with Crippen LogP contribution < -0.4 is 48.7 Å². The molecule has 0 saturated heterocycles. The molecule has 0 aliphatic rings. The van der Waals surface area contributed by atoms with Gasteiger partial charge in [-0.05, 0) is 126 Å². The van der Waals surface area contributed by atoms with Crippen LogP contribution in [0.2, 0.25) is 0 Å². The molecule has 0 saturated carbocycles. The van der Waals surface area contributed by atoms with Gasteiger partial charge >= 0.3 is 24.1 Å². The molecule has 0 fully saturated rings. The number of urea groups is 2.